The number of nitrogens with zero attached hydrogens (tertiary/aromatic N) is 8. The average molecular weight is 525 g/mol. The van der Waals surface area contributed by atoms with Crippen LogP contribution in [-0.2, 0) is 7.05 Å². The van der Waals surface area contributed by atoms with E-state index in [0.717, 1.165) is 53.0 Å². The molecule has 0 aliphatic carbocycles. The third kappa shape index (κ3) is 4.09. The number of hydrogen-bond donors (Lipinski definition) is 1. The Labute approximate surface area is 227 Å². The fourth-order valence-corrected chi connectivity index (χ4v) is 6.88. The van der Waals surface area contributed by atoms with Crippen molar-refractivity contribution in [3.05, 3.63) is 54.7 Å². The number of piperidine rings is 1. The van der Waals surface area contributed by atoms with Gasteiger partial charge in [0.25, 0.3) is 0 Å². The molecule has 4 aromatic heterocycles. The first kappa shape index (κ1) is 24.9. The molecule has 4 aromatic rings. The van der Waals surface area contributed by atoms with E-state index in [2.05, 4.69) is 48.0 Å². The van der Waals surface area contributed by atoms with E-state index in [9.17, 15) is 15.2 Å². The number of carbonyl (C=O) groups is 1. The average Bonchev–Trinajstić information content (AvgIpc) is 3.52. The maximum Gasteiger partial charge on any atom is 0.407 e. The molecule has 6 rings (SSSR count). The lowest BCUT2D eigenvalue weighted by atomic mass is 9.58. The molecule has 0 saturated carbocycles. The van der Waals surface area contributed by atoms with Gasteiger partial charge in [0.15, 0.2) is 0 Å². The van der Waals surface area contributed by atoms with Gasteiger partial charge in [-0.15, -0.1) is 0 Å². The molecule has 39 heavy (non-hydrogen) atoms. The molecule has 0 bridgehead atoms. The maximum absolute atomic E-state index is 11.8. The Kier molecular flexibility index (Phi) is 5.64. The van der Waals surface area contributed by atoms with Gasteiger partial charge in [-0.25, -0.2) is 14.3 Å². The number of rotatable bonds is 3. The van der Waals surface area contributed by atoms with Crippen molar-refractivity contribution in [1.82, 2.24) is 29.3 Å². The first-order chi connectivity index (χ1) is 18.6. The Hall–Kier alpha value is -4.39. The van der Waals surface area contributed by atoms with Gasteiger partial charge in [-0.05, 0) is 36.5 Å². The van der Waals surface area contributed by atoms with E-state index in [1.54, 1.807) is 20.3 Å². The predicted molar refractivity (Wildman–Crippen MR) is 147 cm³/mol. The summed E-state index contributed by atoms with van der Waals surface area (Å²) < 4.78 is 3.50. The van der Waals surface area contributed by atoms with Crippen molar-refractivity contribution >= 4 is 17.4 Å². The zero-order chi connectivity index (χ0) is 27.5. The molecule has 10 nitrogen and oxygen atoms in total. The van der Waals surface area contributed by atoms with Crippen LogP contribution in [0.2, 0.25) is 0 Å². The molecule has 2 aliphatic heterocycles. The molecular formula is C29H32N8O2. The highest BCUT2D eigenvalue weighted by Crippen LogP contribution is 2.53. The summed E-state index contributed by atoms with van der Waals surface area (Å²) in [6, 6.07) is 8.58. The highest BCUT2D eigenvalue weighted by Gasteiger charge is 2.59. The molecule has 2 aliphatic rings. The third-order valence-corrected chi connectivity index (χ3v) is 8.20. The van der Waals surface area contributed by atoms with Gasteiger partial charge in [0, 0.05) is 79.0 Å². The monoisotopic (exact) mass is 524 g/mol. The molecule has 0 radical (unpaired) electrons. The molecule has 1 spiro atoms. The van der Waals surface area contributed by atoms with E-state index >= 15 is 0 Å². The van der Waals surface area contributed by atoms with Gasteiger partial charge in [0.1, 0.15) is 11.9 Å². The normalized spacial score (nSPS) is 21.3. The van der Waals surface area contributed by atoms with E-state index in [0.29, 0.717) is 18.7 Å². The summed E-state index contributed by atoms with van der Waals surface area (Å²) in [6.07, 6.45) is 10.2. The van der Waals surface area contributed by atoms with Crippen LogP contribution >= 0.6 is 0 Å². The summed E-state index contributed by atoms with van der Waals surface area (Å²) in [4.78, 5) is 20.6. The quantitative estimate of drug-likeness (QED) is 0.414. The molecule has 10 heteroatoms. The number of aromatic nitrogens is 5. The molecule has 200 valence electrons. The van der Waals surface area contributed by atoms with Crippen LogP contribution in [0.5, 0.6) is 0 Å². The fraction of sp³-hybridized carbons (Fsp3) is 0.414. The smallest absolute Gasteiger partial charge is 0.407 e. The van der Waals surface area contributed by atoms with Crippen molar-refractivity contribution in [2.24, 2.45) is 17.9 Å². The molecule has 2 atom stereocenters. The second-order valence-corrected chi connectivity index (χ2v) is 12.0. The molecule has 1 N–H and O–H groups in total. The number of fused-ring (bicyclic) bond motifs is 1. The number of anilines is 1. The minimum Gasteiger partial charge on any atom is -0.465 e. The van der Waals surface area contributed by atoms with Crippen molar-refractivity contribution < 1.29 is 9.90 Å². The first-order valence-electron chi connectivity index (χ1n) is 13.2. The highest BCUT2D eigenvalue weighted by molar-refractivity contribution is 5.87. The lowest BCUT2D eigenvalue weighted by Gasteiger charge is -2.65. The Balaban J connectivity index is 1.36. The molecule has 0 aromatic carbocycles. The Bertz CT molecular complexity index is 1610. The van der Waals surface area contributed by atoms with Crippen molar-refractivity contribution in [2.75, 3.05) is 24.5 Å². The van der Waals surface area contributed by atoms with Crippen molar-refractivity contribution in [3.8, 4) is 28.3 Å². The Morgan fingerprint density at radius 3 is 2.56 bits per heavy atom. The minimum absolute atomic E-state index is 0.0520. The SMILES string of the molecule is Cn1cc(-c2cc(-c3ccc(N4CC5(CCCN(C(=O)O)C5)C4C(C)(C)C)nc3)c3c(C#N)cnn3c2)cn1. The Morgan fingerprint density at radius 1 is 1.10 bits per heavy atom. The van der Waals surface area contributed by atoms with Crippen molar-refractivity contribution in [1.29, 1.82) is 5.26 Å². The Morgan fingerprint density at radius 2 is 1.92 bits per heavy atom. The molecular weight excluding hydrogens is 492 g/mol. The second kappa shape index (κ2) is 8.83. The van der Waals surface area contributed by atoms with Crippen LogP contribution in [0.4, 0.5) is 10.6 Å². The maximum atomic E-state index is 11.8. The largest absolute Gasteiger partial charge is 0.465 e. The number of likely N-dealkylation sites (tertiary alicyclic amines) is 1. The van der Waals surface area contributed by atoms with Crippen LogP contribution in [0, 0.1) is 22.2 Å². The number of pyridine rings is 2. The van der Waals surface area contributed by atoms with Gasteiger partial charge in [-0.1, -0.05) is 20.8 Å². The third-order valence-electron chi connectivity index (χ3n) is 8.20. The standard InChI is InChI=1S/C29H32N8O2/c1-28(2,3)26-29(8-5-9-35(17-29)27(38)39)18-36(26)24-7-6-19(12-31-24)23-10-20(22-14-32-34(4)15-22)16-37-25(23)21(11-30)13-33-37/h6-7,10,12-16,26H,5,8-9,17-18H2,1-4H3,(H,38,39). The fourth-order valence-electron chi connectivity index (χ4n) is 6.88. The lowest BCUT2D eigenvalue weighted by molar-refractivity contribution is -0.0184. The van der Waals surface area contributed by atoms with Crippen molar-refractivity contribution in [3.63, 3.8) is 0 Å². The van der Waals surface area contributed by atoms with Crippen LogP contribution in [-0.4, -0.2) is 66.2 Å². The van der Waals surface area contributed by atoms with Crippen LogP contribution in [0.15, 0.2) is 49.2 Å². The number of aryl methyl sites for hydroxylation is 1. The summed E-state index contributed by atoms with van der Waals surface area (Å²) in [5, 5.41) is 28.1. The molecule has 2 unspecified atom stereocenters. The second-order valence-electron chi connectivity index (χ2n) is 12.0. The van der Waals surface area contributed by atoms with Gasteiger partial charge in [0.05, 0.1) is 23.5 Å². The number of hydrogen-bond acceptors (Lipinski definition) is 6. The molecule has 2 fully saturated rings. The van der Waals surface area contributed by atoms with Crippen LogP contribution < -0.4 is 4.90 Å². The van der Waals surface area contributed by atoms with E-state index < -0.39 is 6.09 Å². The van der Waals surface area contributed by atoms with E-state index in [4.69, 9.17) is 4.98 Å². The van der Waals surface area contributed by atoms with Gasteiger partial charge < -0.3 is 14.9 Å². The summed E-state index contributed by atoms with van der Waals surface area (Å²) in [6.45, 7) is 8.63. The summed E-state index contributed by atoms with van der Waals surface area (Å²) in [5.41, 5.74) is 4.80. The first-order valence-corrected chi connectivity index (χ1v) is 13.2. The minimum atomic E-state index is -0.834. The summed E-state index contributed by atoms with van der Waals surface area (Å²) in [5.74, 6) is 0.880. The zero-order valence-electron chi connectivity index (χ0n) is 22.7. The van der Waals surface area contributed by atoms with Gasteiger partial charge >= 0.3 is 6.09 Å². The number of amides is 1. The molecule has 6 heterocycles. The van der Waals surface area contributed by atoms with Crippen LogP contribution in [0.3, 0.4) is 0 Å². The topological polar surface area (TPSA) is 116 Å². The van der Waals surface area contributed by atoms with Gasteiger partial charge in [-0.2, -0.15) is 15.5 Å². The van der Waals surface area contributed by atoms with E-state index in [1.807, 2.05) is 44.0 Å². The van der Waals surface area contributed by atoms with Crippen LogP contribution in [0.25, 0.3) is 27.8 Å². The van der Waals surface area contributed by atoms with Crippen LogP contribution in [0.1, 0.15) is 39.2 Å². The van der Waals surface area contributed by atoms with Crippen molar-refractivity contribution in [2.45, 2.75) is 39.7 Å². The number of carboxylic acid groups (broad SMARTS) is 1. The lowest BCUT2D eigenvalue weighted by Crippen LogP contribution is -2.74. The van der Waals surface area contributed by atoms with E-state index in [1.165, 1.54) is 0 Å². The predicted octanol–water partition coefficient (Wildman–Crippen LogP) is 4.66. The molecule has 2 saturated heterocycles. The molecule has 1 amide bonds. The summed E-state index contributed by atoms with van der Waals surface area (Å²) >= 11 is 0. The van der Waals surface area contributed by atoms with Gasteiger partial charge in [-0.3, -0.25) is 4.68 Å². The summed E-state index contributed by atoms with van der Waals surface area (Å²) in [7, 11) is 1.88. The van der Waals surface area contributed by atoms with Gasteiger partial charge in [0.2, 0.25) is 0 Å². The van der Waals surface area contributed by atoms with E-state index in [-0.39, 0.29) is 16.9 Å². The zero-order valence-corrected chi connectivity index (χ0v) is 22.7. The highest BCUT2D eigenvalue weighted by atomic mass is 16.4. The number of nitriles is 1.